The predicted octanol–water partition coefficient (Wildman–Crippen LogP) is 3.41. The summed E-state index contributed by atoms with van der Waals surface area (Å²) >= 11 is 0. The Labute approximate surface area is 126 Å². The summed E-state index contributed by atoms with van der Waals surface area (Å²) in [6.45, 7) is 9.72. The highest BCUT2D eigenvalue weighted by Gasteiger charge is 2.27. The maximum absolute atomic E-state index is 12.5. The molecule has 1 rings (SSSR count). The van der Waals surface area contributed by atoms with Gasteiger partial charge in [0.15, 0.2) is 0 Å². The van der Waals surface area contributed by atoms with Crippen LogP contribution in [0.15, 0.2) is 18.2 Å². The minimum absolute atomic E-state index is 0.0719. The monoisotopic (exact) mass is 292 g/mol. The van der Waals surface area contributed by atoms with Crippen LogP contribution in [0.25, 0.3) is 0 Å². The van der Waals surface area contributed by atoms with E-state index in [4.69, 9.17) is 5.11 Å². The Balaban J connectivity index is 2.90. The fraction of sp³-hybridized carbons (Fsp3) is 0.500. The van der Waals surface area contributed by atoms with Gasteiger partial charge in [0.1, 0.15) is 0 Å². The molecule has 1 aromatic rings. The van der Waals surface area contributed by atoms with Crippen LogP contribution in [0.4, 0.5) is 10.5 Å². The first-order chi connectivity index (χ1) is 9.61. The molecule has 2 amide bonds. The Bertz CT molecular complexity index is 533. The minimum atomic E-state index is -0.913. The van der Waals surface area contributed by atoms with E-state index in [9.17, 15) is 9.59 Å². The van der Waals surface area contributed by atoms with Gasteiger partial charge >= 0.3 is 12.0 Å². The molecule has 5 heteroatoms. The maximum atomic E-state index is 12.5. The van der Waals surface area contributed by atoms with Gasteiger partial charge in [0.05, 0.1) is 6.42 Å². The van der Waals surface area contributed by atoms with Gasteiger partial charge in [-0.2, -0.15) is 0 Å². The number of amides is 2. The van der Waals surface area contributed by atoms with E-state index in [1.54, 1.807) is 4.90 Å². The molecule has 2 N–H and O–H groups in total. The Kier molecular flexibility index (Phi) is 5.35. The second kappa shape index (κ2) is 6.61. The molecule has 0 aliphatic heterocycles. The Morgan fingerprint density at radius 2 is 1.86 bits per heavy atom. The van der Waals surface area contributed by atoms with Gasteiger partial charge in [-0.05, 0) is 51.8 Å². The number of anilines is 1. The second-order valence-electron chi connectivity index (χ2n) is 6.21. The van der Waals surface area contributed by atoms with Gasteiger partial charge in [-0.15, -0.1) is 0 Å². The van der Waals surface area contributed by atoms with Gasteiger partial charge in [-0.1, -0.05) is 12.1 Å². The Hall–Kier alpha value is -2.04. The molecule has 116 valence electrons. The van der Waals surface area contributed by atoms with Crippen LogP contribution in [-0.4, -0.2) is 34.1 Å². The van der Waals surface area contributed by atoms with Crippen LogP contribution >= 0.6 is 0 Å². The quantitative estimate of drug-likeness (QED) is 0.893. The van der Waals surface area contributed by atoms with Crippen LogP contribution in [-0.2, 0) is 4.79 Å². The zero-order chi connectivity index (χ0) is 16.2. The number of aryl methyl sites for hydroxylation is 2. The average Bonchev–Trinajstić information content (AvgIpc) is 2.32. The highest BCUT2D eigenvalue weighted by molar-refractivity contribution is 5.91. The Morgan fingerprint density at radius 1 is 1.24 bits per heavy atom. The van der Waals surface area contributed by atoms with Gasteiger partial charge in [0, 0.05) is 17.8 Å². The van der Waals surface area contributed by atoms with E-state index in [0.717, 1.165) is 16.8 Å². The first kappa shape index (κ1) is 17.0. The summed E-state index contributed by atoms with van der Waals surface area (Å²) in [6, 6.07) is 5.56. The topological polar surface area (TPSA) is 69.6 Å². The molecule has 0 aliphatic rings. The predicted molar refractivity (Wildman–Crippen MR) is 83.6 cm³/mol. The van der Waals surface area contributed by atoms with Gasteiger partial charge in [0.25, 0.3) is 0 Å². The molecule has 0 fully saturated rings. The molecule has 0 saturated carbocycles. The molecular weight excluding hydrogens is 268 g/mol. The minimum Gasteiger partial charge on any atom is -0.481 e. The summed E-state index contributed by atoms with van der Waals surface area (Å²) in [5.41, 5.74) is 2.34. The normalized spacial score (nSPS) is 11.1. The number of urea groups is 1. The summed E-state index contributed by atoms with van der Waals surface area (Å²) in [4.78, 5) is 24.8. The number of carbonyl (C=O) groups is 2. The van der Waals surface area contributed by atoms with Crippen LogP contribution in [0.5, 0.6) is 0 Å². The maximum Gasteiger partial charge on any atom is 0.322 e. The van der Waals surface area contributed by atoms with Crippen molar-refractivity contribution in [3.05, 3.63) is 29.3 Å². The number of benzene rings is 1. The number of carboxylic acids is 1. The van der Waals surface area contributed by atoms with E-state index in [1.165, 1.54) is 0 Å². The first-order valence-electron chi connectivity index (χ1n) is 6.99. The van der Waals surface area contributed by atoms with Crippen molar-refractivity contribution in [3.63, 3.8) is 0 Å². The molecule has 5 nitrogen and oxygen atoms in total. The molecule has 21 heavy (non-hydrogen) atoms. The Morgan fingerprint density at radius 3 is 2.38 bits per heavy atom. The number of rotatable bonds is 4. The standard InChI is InChI=1S/C16H24N2O3/c1-11-6-7-12(2)13(10-11)17-15(21)18(16(3,4)5)9-8-14(19)20/h6-7,10H,8-9H2,1-5H3,(H,17,21)(H,19,20). The molecule has 0 atom stereocenters. The zero-order valence-electron chi connectivity index (χ0n) is 13.4. The summed E-state index contributed by atoms with van der Waals surface area (Å²) in [7, 11) is 0. The SMILES string of the molecule is Cc1ccc(C)c(NC(=O)N(CCC(=O)O)C(C)(C)C)c1. The van der Waals surface area contributed by atoms with Gasteiger partial charge in [0.2, 0.25) is 0 Å². The molecular formula is C16H24N2O3. The number of aliphatic carboxylic acids is 1. The molecule has 0 aromatic heterocycles. The van der Waals surface area contributed by atoms with E-state index in [2.05, 4.69) is 5.32 Å². The van der Waals surface area contributed by atoms with Crippen molar-refractivity contribution in [2.75, 3.05) is 11.9 Å². The number of nitrogens with zero attached hydrogens (tertiary/aromatic N) is 1. The van der Waals surface area contributed by atoms with E-state index >= 15 is 0 Å². The van der Waals surface area contributed by atoms with Crippen molar-refractivity contribution < 1.29 is 14.7 Å². The van der Waals surface area contributed by atoms with E-state index < -0.39 is 11.5 Å². The number of carbonyl (C=O) groups excluding carboxylic acids is 1. The lowest BCUT2D eigenvalue weighted by molar-refractivity contribution is -0.137. The molecule has 0 saturated heterocycles. The highest BCUT2D eigenvalue weighted by Crippen LogP contribution is 2.20. The van der Waals surface area contributed by atoms with Crippen LogP contribution < -0.4 is 5.32 Å². The lowest BCUT2D eigenvalue weighted by atomic mass is 10.1. The third-order valence-corrected chi connectivity index (χ3v) is 3.24. The second-order valence-corrected chi connectivity index (χ2v) is 6.21. The molecule has 1 aromatic carbocycles. The number of hydrogen-bond donors (Lipinski definition) is 2. The highest BCUT2D eigenvalue weighted by atomic mass is 16.4. The average molecular weight is 292 g/mol. The van der Waals surface area contributed by atoms with Crippen LogP contribution in [0, 0.1) is 13.8 Å². The van der Waals surface area contributed by atoms with Crippen molar-refractivity contribution in [3.8, 4) is 0 Å². The largest absolute Gasteiger partial charge is 0.481 e. The molecule has 0 aliphatic carbocycles. The van der Waals surface area contributed by atoms with Gasteiger partial charge in [-0.25, -0.2) is 4.79 Å². The fourth-order valence-corrected chi connectivity index (χ4v) is 2.00. The van der Waals surface area contributed by atoms with E-state index in [1.807, 2.05) is 52.8 Å². The molecule has 0 heterocycles. The number of nitrogens with one attached hydrogen (secondary N) is 1. The van der Waals surface area contributed by atoms with Gasteiger partial charge < -0.3 is 15.3 Å². The molecule has 0 unspecified atom stereocenters. The number of carboxylic acid groups (broad SMARTS) is 1. The third-order valence-electron chi connectivity index (χ3n) is 3.24. The fourth-order valence-electron chi connectivity index (χ4n) is 2.00. The van der Waals surface area contributed by atoms with Gasteiger partial charge in [-0.3, -0.25) is 4.79 Å². The lowest BCUT2D eigenvalue weighted by Crippen LogP contribution is -2.48. The van der Waals surface area contributed by atoms with Crippen molar-refractivity contribution in [2.24, 2.45) is 0 Å². The smallest absolute Gasteiger partial charge is 0.322 e. The van der Waals surface area contributed by atoms with Crippen LogP contribution in [0.3, 0.4) is 0 Å². The van der Waals surface area contributed by atoms with Crippen molar-refractivity contribution in [1.29, 1.82) is 0 Å². The summed E-state index contributed by atoms with van der Waals surface area (Å²) in [6.07, 6.45) is -0.0719. The van der Waals surface area contributed by atoms with Crippen molar-refractivity contribution in [1.82, 2.24) is 4.90 Å². The van der Waals surface area contributed by atoms with Crippen LogP contribution in [0.1, 0.15) is 38.3 Å². The van der Waals surface area contributed by atoms with E-state index in [-0.39, 0.29) is 19.0 Å². The zero-order valence-corrected chi connectivity index (χ0v) is 13.4. The molecule has 0 bridgehead atoms. The summed E-state index contributed by atoms with van der Waals surface area (Å²) in [5.74, 6) is -0.913. The summed E-state index contributed by atoms with van der Waals surface area (Å²) < 4.78 is 0. The third kappa shape index (κ3) is 5.10. The van der Waals surface area contributed by atoms with Crippen molar-refractivity contribution >= 4 is 17.7 Å². The van der Waals surface area contributed by atoms with E-state index in [0.29, 0.717) is 0 Å². The number of hydrogen-bond acceptors (Lipinski definition) is 2. The molecule has 0 radical (unpaired) electrons. The van der Waals surface area contributed by atoms with Crippen LogP contribution in [0.2, 0.25) is 0 Å². The van der Waals surface area contributed by atoms with Crippen molar-refractivity contribution in [2.45, 2.75) is 46.6 Å². The summed E-state index contributed by atoms with van der Waals surface area (Å²) in [5, 5.41) is 11.7. The molecule has 0 spiro atoms. The first-order valence-corrected chi connectivity index (χ1v) is 6.99. The lowest BCUT2D eigenvalue weighted by Gasteiger charge is -2.35.